The van der Waals surface area contributed by atoms with E-state index in [1.165, 1.54) is 29.7 Å². The zero-order valence-corrected chi connectivity index (χ0v) is 19.3. The molecule has 0 radical (unpaired) electrons. The Morgan fingerprint density at radius 2 is 1.85 bits per heavy atom. The first kappa shape index (κ1) is 22.9. The monoisotopic (exact) mass is 478 g/mol. The Morgan fingerprint density at radius 3 is 2.59 bits per heavy atom. The molecule has 4 aromatic rings. The Morgan fingerprint density at radius 1 is 1.06 bits per heavy atom. The number of pyridine rings is 1. The molecular formula is C22H22N8O3S. The Balaban J connectivity index is 1.41. The number of nitrogens with zero attached hydrogens (tertiary/aromatic N) is 5. The number of hydrogen-bond donors (Lipinski definition) is 4. The normalized spacial score (nSPS) is 10.6. The number of hydrogen-bond acceptors (Lipinski definition) is 9. The molecule has 0 saturated heterocycles. The average molecular weight is 479 g/mol. The van der Waals surface area contributed by atoms with Crippen LogP contribution in [0, 0.1) is 6.92 Å². The van der Waals surface area contributed by atoms with Crippen molar-refractivity contribution in [2.24, 2.45) is 0 Å². The number of rotatable bonds is 8. The van der Waals surface area contributed by atoms with Crippen molar-refractivity contribution in [1.29, 1.82) is 0 Å². The standard InChI is InChI=1S/C22H22N8O3S/c1-13-19(21(34-29-13)28-18-12-24-15-5-3-4-6-16(15)27-18)20(31)26-14-7-8-17(25-11-14)23-9-10-30(2)22(32)33/h3-8,11-12H,9-10H2,1-2H3,(H,23,25)(H,26,31)(H,27,28)(H,32,33). The van der Waals surface area contributed by atoms with Gasteiger partial charge in [-0.05, 0) is 42.7 Å². The third kappa shape index (κ3) is 5.35. The Kier molecular flexibility index (Phi) is 6.78. The quantitative estimate of drug-likeness (QED) is 0.297. The van der Waals surface area contributed by atoms with Crippen molar-refractivity contribution in [3.05, 3.63) is 60.0 Å². The Hall–Kier alpha value is -4.32. The van der Waals surface area contributed by atoms with Crippen LogP contribution in [0.25, 0.3) is 11.0 Å². The van der Waals surface area contributed by atoms with Gasteiger partial charge in [0.2, 0.25) is 0 Å². The van der Waals surface area contributed by atoms with Gasteiger partial charge >= 0.3 is 6.09 Å². The maximum Gasteiger partial charge on any atom is 0.407 e. The van der Waals surface area contributed by atoms with Crippen LogP contribution in [0.1, 0.15) is 16.1 Å². The lowest BCUT2D eigenvalue weighted by Crippen LogP contribution is -2.29. The van der Waals surface area contributed by atoms with Crippen LogP contribution < -0.4 is 16.0 Å². The number of carbonyl (C=O) groups is 2. The fourth-order valence-corrected chi connectivity index (χ4v) is 3.87. The van der Waals surface area contributed by atoms with Crippen LogP contribution in [0.5, 0.6) is 0 Å². The molecule has 0 spiro atoms. The van der Waals surface area contributed by atoms with Gasteiger partial charge in [-0.25, -0.2) is 14.8 Å². The fraction of sp³-hybridized carbons (Fsp3) is 0.182. The maximum atomic E-state index is 13.0. The Labute approximate surface area is 199 Å². The molecule has 1 aromatic carbocycles. The van der Waals surface area contributed by atoms with E-state index in [0.29, 0.717) is 46.7 Å². The summed E-state index contributed by atoms with van der Waals surface area (Å²) in [7, 11) is 1.49. The van der Waals surface area contributed by atoms with Gasteiger partial charge in [-0.2, -0.15) is 4.37 Å². The number of nitrogens with one attached hydrogen (secondary N) is 3. The molecule has 11 nitrogen and oxygen atoms in total. The highest BCUT2D eigenvalue weighted by Gasteiger charge is 2.19. The fourth-order valence-electron chi connectivity index (χ4n) is 3.07. The highest BCUT2D eigenvalue weighted by Crippen LogP contribution is 2.28. The average Bonchev–Trinajstić information content (AvgIpc) is 3.19. The second-order valence-corrected chi connectivity index (χ2v) is 8.13. The van der Waals surface area contributed by atoms with E-state index in [1.54, 1.807) is 25.3 Å². The van der Waals surface area contributed by atoms with Crippen LogP contribution in [-0.2, 0) is 0 Å². The van der Waals surface area contributed by atoms with Crippen LogP contribution in [0.2, 0.25) is 0 Å². The molecule has 0 unspecified atom stereocenters. The van der Waals surface area contributed by atoms with Crippen LogP contribution in [0.15, 0.2) is 48.8 Å². The number of amides is 2. The van der Waals surface area contributed by atoms with E-state index in [4.69, 9.17) is 5.11 Å². The molecule has 0 aliphatic rings. The van der Waals surface area contributed by atoms with Crippen molar-refractivity contribution in [3.8, 4) is 0 Å². The highest BCUT2D eigenvalue weighted by atomic mass is 32.1. The molecule has 0 aliphatic heterocycles. The number of carboxylic acid groups (broad SMARTS) is 1. The molecule has 3 heterocycles. The minimum Gasteiger partial charge on any atom is -0.465 e. The van der Waals surface area contributed by atoms with Gasteiger partial charge in [0.1, 0.15) is 16.6 Å². The number of anilines is 4. The van der Waals surface area contributed by atoms with Gasteiger partial charge in [0.05, 0.1) is 40.4 Å². The first-order chi connectivity index (χ1) is 16.4. The smallest absolute Gasteiger partial charge is 0.407 e. The number of benzene rings is 1. The summed E-state index contributed by atoms with van der Waals surface area (Å²) in [5, 5.41) is 18.5. The molecule has 0 fully saturated rings. The zero-order valence-electron chi connectivity index (χ0n) is 18.4. The zero-order chi connectivity index (χ0) is 24.1. The molecule has 12 heteroatoms. The Bertz CT molecular complexity index is 1330. The van der Waals surface area contributed by atoms with E-state index in [2.05, 4.69) is 35.3 Å². The van der Waals surface area contributed by atoms with Gasteiger partial charge in [-0.15, -0.1) is 0 Å². The van der Waals surface area contributed by atoms with E-state index >= 15 is 0 Å². The van der Waals surface area contributed by atoms with Gasteiger partial charge in [0, 0.05) is 20.1 Å². The second kappa shape index (κ2) is 10.1. The van der Waals surface area contributed by atoms with E-state index in [0.717, 1.165) is 11.0 Å². The summed E-state index contributed by atoms with van der Waals surface area (Å²) in [6.45, 7) is 2.49. The van der Waals surface area contributed by atoms with E-state index in [1.807, 2.05) is 24.3 Å². The number of aryl methyl sites for hydroxylation is 1. The number of aromatic nitrogens is 4. The maximum absolute atomic E-state index is 13.0. The molecule has 2 amide bonds. The summed E-state index contributed by atoms with van der Waals surface area (Å²) in [5.74, 6) is 0.762. The van der Waals surface area contributed by atoms with Gasteiger partial charge in [-0.3, -0.25) is 9.78 Å². The van der Waals surface area contributed by atoms with Crippen molar-refractivity contribution in [2.45, 2.75) is 6.92 Å². The summed E-state index contributed by atoms with van der Waals surface area (Å²) >= 11 is 1.17. The van der Waals surface area contributed by atoms with E-state index in [-0.39, 0.29) is 5.91 Å². The predicted molar refractivity (Wildman–Crippen MR) is 131 cm³/mol. The van der Waals surface area contributed by atoms with Crippen molar-refractivity contribution in [1.82, 2.24) is 24.2 Å². The summed E-state index contributed by atoms with van der Waals surface area (Å²) in [5.41, 5.74) is 3.05. The van der Waals surface area contributed by atoms with Crippen LogP contribution in [0.4, 0.5) is 27.1 Å². The lowest BCUT2D eigenvalue weighted by atomic mass is 10.2. The van der Waals surface area contributed by atoms with Crippen LogP contribution in [-0.4, -0.2) is 61.5 Å². The topological polar surface area (TPSA) is 145 Å². The van der Waals surface area contributed by atoms with Gasteiger partial charge in [-0.1, -0.05) is 12.1 Å². The van der Waals surface area contributed by atoms with Crippen LogP contribution >= 0.6 is 11.5 Å². The van der Waals surface area contributed by atoms with E-state index in [9.17, 15) is 9.59 Å². The second-order valence-electron chi connectivity index (χ2n) is 7.36. The minimum atomic E-state index is -0.993. The lowest BCUT2D eigenvalue weighted by Gasteiger charge is -2.13. The summed E-state index contributed by atoms with van der Waals surface area (Å²) in [6.07, 6.45) is 2.15. The molecule has 4 rings (SSSR count). The van der Waals surface area contributed by atoms with Crippen LogP contribution in [0.3, 0.4) is 0 Å². The number of likely N-dealkylation sites (N-methyl/N-ethyl adjacent to an activating group) is 1. The highest BCUT2D eigenvalue weighted by molar-refractivity contribution is 7.10. The first-order valence-electron chi connectivity index (χ1n) is 10.3. The van der Waals surface area contributed by atoms with Crippen molar-refractivity contribution < 1.29 is 14.7 Å². The van der Waals surface area contributed by atoms with Crippen molar-refractivity contribution in [3.63, 3.8) is 0 Å². The molecule has 34 heavy (non-hydrogen) atoms. The number of para-hydroxylation sites is 2. The number of carbonyl (C=O) groups excluding carboxylic acids is 1. The summed E-state index contributed by atoms with van der Waals surface area (Å²) < 4.78 is 4.31. The minimum absolute atomic E-state index is 0.317. The molecule has 4 N–H and O–H groups in total. The molecule has 174 valence electrons. The SMILES string of the molecule is Cc1nsc(Nc2cnc3ccccc3n2)c1C(=O)Nc1ccc(NCCN(C)C(=O)O)nc1. The lowest BCUT2D eigenvalue weighted by molar-refractivity contribution is 0.102. The molecule has 0 aliphatic carbocycles. The van der Waals surface area contributed by atoms with Gasteiger partial charge in [0.15, 0.2) is 0 Å². The third-order valence-corrected chi connectivity index (χ3v) is 5.74. The summed E-state index contributed by atoms with van der Waals surface area (Å²) in [4.78, 5) is 38.2. The van der Waals surface area contributed by atoms with E-state index < -0.39 is 6.09 Å². The number of fused-ring (bicyclic) bond motifs is 1. The largest absolute Gasteiger partial charge is 0.465 e. The molecule has 0 saturated carbocycles. The molecular weight excluding hydrogens is 456 g/mol. The van der Waals surface area contributed by atoms with Gasteiger partial charge < -0.3 is 26.0 Å². The molecule has 0 bridgehead atoms. The van der Waals surface area contributed by atoms with Gasteiger partial charge in [0.25, 0.3) is 5.91 Å². The predicted octanol–water partition coefficient (Wildman–Crippen LogP) is 3.81. The van der Waals surface area contributed by atoms with Crippen molar-refractivity contribution in [2.75, 3.05) is 36.1 Å². The first-order valence-corrected chi connectivity index (χ1v) is 11.1. The third-order valence-electron chi connectivity index (χ3n) is 4.88. The molecule has 3 aromatic heterocycles. The summed E-state index contributed by atoms with van der Waals surface area (Å²) in [6, 6.07) is 11.0. The molecule has 0 atom stereocenters. The van der Waals surface area contributed by atoms with Crippen molar-refractivity contribution >= 4 is 56.9 Å².